The van der Waals surface area contributed by atoms with Crippen LogP contribution in [0.15, 0.2) is 41.8 Å². The van der Waals surface area contributed by atoms with Crippen LogP contribution in [0.5, 0.6) is 0 Å². The Kier molecular flexibility index (Phi) is 5.94. The molecule has 1 saturated carbocycles. The van der Waals surface area contributed by atoms with E-state index in [1.165, 1.54) is 22.6 Å². The van der Waals surface area contributed by atoms with Gasteiger partial charge in [0, 0.05) is 17.7 Å². The molecule has 1 aromatic carbocycles. The molecule has 2 heterocycles. The van der Waals surface area contributed by atoms with Gasteiger partial charge in [0.1, 0.15) is 6.54 Å². The average Bonchev–Trinajstić information content (AvgIpc) is 3.44. The number of para-hydroxylation sites is 2. The number of nitrogens with one attached hydrogen (secondary N) is 2. The average molecular weight is 412 g/mol. The molecule has 0 spiro atoms. The summed E-state index contributed by atoms with van der Waals surface area (Å²) in [6.07, 6.45) is 4.86. The predicted molar refractivity (Wildman–Crippen MR) is 114 cm³/mol. The second-order valence-corrected chi connectivity index (χ2v) is 8.63. The number of hydrogen-bond donors (Lipinski definition) is 2. The summed E-state index contributed by atoms with van der Waals surface area (Å²) in [6, 6.07) is 11.3. The molecule has 2 N–H and O–H groups in total. The Morgan fingerprint density at radius 2 is 1.93 bits per heavy atom. The topological polar surface area (TPSA) is 78.5 Å². The van der Waals surface area contributed by atoms with Gasteiger partial charge >= 0.3 is 0 Å². The van der Waals surface area contributed by atoms with Crippen molar-refractivity contribution in [2.45, 2.75) is 44.6 Å². The molecule has 0 radical (unpaired) electrons. The van der Waals surface area contributed by atoms with Crippen LogP contribution in [-0.2, 0) is 14.4 Å². The van der Waals surface area contributed by atoms with Crippen molar-refractivity contribution in [1.29, 1.82) is 0 Å². The van der Waals surface area contributed by atoms with Gasteiger partial charge in [-0.25, -0.2) is 0 Å². The van der Waals surface area contributed by atoms with Crippen LogP contribution in [0.25, 0.3) is 0 Å². The number of fused-ring (bicyclic) bond motifs is 1. The van der Waals surface area contributed by atoms with Crippen LogP contribution in [0.3, 0.4) is 0 Å². The van der Waals surface area contributed by atoms with Gasteiger partial charge in [0.2, 0.25) is 17.7 Å². The molecule has 2 aromatic rings. The summed E-state index contributed by atoms with van der Waals surface area (Å²) in [5, 5.41) is 7.97. The predicted octanol–water partition coefficient (Wildman–Crippen LogP) is 3.86. The van der Waals surface area contributed by atoms with Gasteiger partial charge in [0.05, 0.1) is 17.4 Å². The summed E-state index contributed by atoms with van der Waals surface area (Å²) in [6.45, 7) is -0.0165. The highest BCUT2D eigenvalue weighted by atomic mass is 32.1. The zero-order chi connectivity index (χ0) is 20.2. The van der Waals surface area contributed by atoms with E-state index in [0.29, 0.717) is 17.3 Å². The maximum atomic E-state index is 12.7. The Balaban J connectivity index is 1.38. The van der Waals surface area contributed by atoms with Crippen LogP contribution < -0.4 is 15.5 Å². The number of amides is 3. The van der Waals surface area contributed by atoms with Gasteiger partial charge in [0.15, 0.2) is 0 Å². The second kappa shape index (κ2) is 8.78. The lowest BCUT2D eigenvalue weighted by molar-refractivity contribution is -0.126. The van der Waals surface area contributed by atoms with E-state index in [9.17, 15) is 14.4 Å². The molecule has 6 nitrogen and oxygen atoms in total. The van der Waals surface area contributed by atoms with E-state index in [4.69, 9.17) is 0 Å². The van der Waals surface area contributed by atoms with Crippen LogP contribution >= 0.6 is 11.3 Å². The number of nitrogens with zero attached hydrogens (tertiary/aromatic N) is 1. The van der Waals surface area contributed by atoms with E-state index in [1.54, 1.807) is 23.5 Å². The molecule has 29 heavy (non-hydrogen) atoms. The fraction of sp³-hybridized carbons (Fsp3) is 0.409. The van der Waals surface area contributed by atoms with Crippen molar-refractivity contribution in [3.63, 3.8) is 0 Å². The van der Waals surface area contributed by atoms with Gasteiger partial charge in [0.25, 0.3) is 0 Å². The molecule has 1 aromatic heterocycles. The van der Waals surface area contributed by atoms with Crippen molar-refractivity contribution >= 4 is 40.4 Å². The van der Waals surface area contributed by atoms with E-state index in [2.05, 4.69) is 16.7 Å². The first-order valence-electron chi connectivity index (χ1n) is 10.1. The molecule has 7 heteroatoms. The fourth-order valence-corrected chi connectivity index (χ4v) is 5.11. The fourth-order valence-electron chi connectivity index (χ4n) is 4.24. The van der Waals surface area contributed by atoms with Crippen molar-refractivity contribution in [1.82, 2.24) is 5.32 Å². The van der Waals surface area contributed by atoms with Gasteiger partial charge in [-0.05, 0) is 42.3 Å². The molecule has 1 aliphatic heterocycles. The molecular weight excluding hydrogens is 386 g/mol. The minimum Gasteiger partial charge on any atom is -0.348 e. The van der Waals surface area contributed by atoms with Crippen molar-refractivity contribution in [2.24, 2.45) is 5.92 Å². The minimum absolute atomic E-state index is 0.0165. The molecule has 4 rings (SSSR count). The van der Waals surface area contributed by atoms with Gasteiger partial charge < -0.3 is 15.5 Å². The number of rotatable bonds is 6. The molecule has 0 bridgehead atoms. The van der Waals surface area contributed by atoms with Crippen molar-refractivity contribution in [3.05, 3.63) is 46.7 Å². The maximum Gasteiger partial charge on any atom is 0.244 e. The third-order valence-corrected chi connectivity index (χ3v) is 6.63. The highest BCUT2D eigenvalue weighted by Gasteiger charge is 2.30. The van der Waals surface area contributed by atoms with Crippen molar-refractivity contribution in [2.75, 3.05) is 16.8 Å². The normalized spacial score (nSPS) is 17.5. The lowest BCUT2D eigenvalue weighted by Crippen LogP contribution is -2.42. The van der Waals surface area contributed by atoms with E-state index in [-0.39, 0.29) is 43.1 Å². The largest absolute Gasteiger partial charge is 0.348 e. The molecule has 3 amide bonds. The summed E-state index contributed by atoms with van der Waals surface area (Å²) in [5.74, 6) is -0.0825. The minimum atomic E-state index is -0.222. The number of anilines is 2. The first kappa shape index (κ1) is 19.6. The third-order valence-electron chi connectivity index (χ3n) is 5.68. The van der Waals surface area contributed by atoms with Crippen LogP contribution in [0, 0.1) is 5.92 Å². The highest BCUT2D eigenvalue weighted by molar-refractivity contribution is 7.10. The number of benzene rings is 1. The van der Waals surface area contributed by atoms with Gasteiger partial charge in [-0.2, -0.15) is 0 Å². The van der Waals surface area contributed by atoms with Crippen molar-refractivity contribution in [3.8, 4) is 0 Å². The monoisotopic (exact) mass is 411 g/mol. The zero-order valence-corrected chi connectivity index (χ0v) is 17.0. The summed E-state index contributed by atoms with van der Waals surface area (Å²) in [5.41, 5.74) is 1.31. The number of carbonyl (C=O) groups is 3. The SMILES string of the molecule is O=C1CN(C(=O)CCC(=O)N[C@@H](c2cccs2)C2CCCC2)c2ccccc2N1. The zero-order valence-electron chi connectivity index (χ0n) is 16.2. The molecule has 1 atom stereocenters. The first-order chi connectivity index (χ1) is 14.1. The lowest BCUT2D eigenvalue weighted by atomic mass is 9.96. The lowest BCUT2D eigenvalue weighted by Gasteiger charge is -2.29. The number of thiophene rings is 1. The van der Waals surface area contributed by atoms with Crippen LogP contribution in [-0.4, -0.2) is 24.3 Å². The Bertz CT molecular complexity index is 890. The summed E-state index contributed by atoms with van der Waals surface area (Å²) in [7, 11) is 0. The molecule has 2 aliphatic rings. The second-order valence-electron chi connectivity index (χ2n) is 7.65. The molecule has 152 valence electrons. The summed E-state index contributed by atoms with van der Waals surface area (Å²) >= 11 is 1.67. The maximum absolute atomic E-state index is 12.7. The Morgan fingerprint density at radius 1 is 1.14 bits per heavy atom. The molecule has 0 saturated heterocycles. The van der Waals surface area contributed by atoms with Crippen LogP contribution in [0.4, 0.5) is 11.4 Å². The Morgan fingerprint density at radius 3 is 2.69 bits per heavy atom. The van der Waals surface area contributed by atoms with E-state index < -0.39 is 0 Å². The third kappa shape index (κ3) is 4.50. The smallest absolute Gasteiger partial charge is 0.244 e. The van der Waals surface area contributed by atoms with Gasteiger partial charge in [-0.1, -0.05) is 31.0 Å². The number of hydrogen-bond acceptors (Lipinski definition) is 4. The molecule has 1 aliphatic carbocycles. The van der Waals surface area contributed by atoms with Crippen LogP contribution in [0.1, 0.15) is 49.4 Å². The molecule has 1 fully saturated rings. The summed E-state index contributed by atoms with van der Waals surface area (Å²) in [4.78, 5) is 40.0. The van der Waals surface area contributed by atoms with Gasteiger partial charge in [-0.3, -0.25) is 14.4 Å². The highest BCUT2D eigenvalue weighted by Crippen LogP contribution is 2.37. The quantitative estimate of drug-likeness (QED) is 0.758. The van der Waals surface area contributed by atoms with Crippen molar-refractivity contribution < 1.29 is 14.4 Å². The standard InChI is InChI=1S/C22H25N3O3S/c26-19(24-22(15-6-1-2-7-15)18-10-5-13-29-18)11-12-21(28)25-14-20(27)23-16-8-3-4-9-17(16)25/h3-5,8-10,13,15,22H,1-2,6-7,11-12,14H2,(H,23,27)(H,24,26)/t22-/m1/s1. The van der Waals surface area contributed by atoms with E-state index >= 15 is 0 Å². The van der Waals surface area contributed by atoms with E-state index in [0.717, 1.165) is 12.8 Å². The molecular formula is C22H25N3O3S. The Hall–Kier alpha value is -2.67. The first-order valence-corrected chi connectivity index (χ1v) is 11.0. The Labute approximate surface area is 174 Å². The molecule has 0 unspecified atom stereocenters. The number of carbonyl (C=O) groups excluding carboxylic acids is 3. The van der Waals surface area contributed by atoms with Crippen LogP contribution in [0.2, 0.25) is 0 Å². The van der Waals surface area contributed by atoms with E-state index in [1.807, 2.05) is 23.6 Å². The summed E-state index contributed by atoms with van der Waals surface area (Å²) < 4.78 is 0. The van der Waals surface area contributed by atoms with Gasteiger partial charge in [-0.15, -0.1) is 11.3 Å².